The summed E-state index contributed by atoms with van der Waals surface area (Å²) in [5.41, 5.74) is 0. The van der Waals surface area contributed by atoms with Crippen LogP contribution in [0.2, 0.25) is 0 Å². The Hall–Kier alpha value is -2.30. The Morgan fingerprint density at radius 2 is 0.929 bits per heavy atom. The van der Waals surface area contributed by atoms with Gasteiger partial charge in [-0.15, -0.1) is 0 Å². The van der Waals surface area contributed by atoms with Crippen LogP contribution in [0, 0.1) is 0 Å². The number of carbonyl (C=O) groups is 5. The van der Waals surface area contributed by atoms with Gasteiger partial charge < -0.3 is 25.0 Å². The number of carboxylic acids is 2. The number of thiol groups is 1. The second-order valence-electron chi connectivity index (χ2n) is 10.9. The Bertz CT molecular complexity index is 778. The van der Waals surface area contributed by atoms with Crippen LogP contribution in [-0.2, 0) is 33.4 Å². The number of amides is 1. The fraction of sp³-hybridized carbons (Fsp3) is 0.839. The number of esters is 2. The van der Waals surface area contributed by atoms with Crippen molar-refractivity contribution in [2.45, 2.75) is 161 Å². The second kappa shape index (κ2) is 26.3. The molecule has 11 heteroatoms. The third kappa shape index (κ3) is 20.6. The summed E-state index contributed by atoms with van der Waals surface area (Å²) >= 11 is 3.89. The lowest BCUT2D eigenvalue weighted by Gasteiger charge is -2.24. The fourth-order valence-electron chi connectivity index (χ4n) is 4.49. The van der Waals surface area contributed by atoms with E-state index in [4.69, 9.17) is 9.47 Å². The summed E-state index contributed by atoms with van der Waals surface area (Å²) in [5, 5.41) is 21.1. The average Bonchev–Trinajstić information content (AvgIpc) is 2.95. The zero-order valence-corrected chi connectivity index (χ0v) is 26.7. The third-order valence-corrected chi connectivity index (χ3v) is 7.42. The molecule has 42 heavy (non-hydrogen) atoms. The molecule has 244 valence electrons. The van der Waals surface area contributed by atoms with Crippen molar-refractivity contribution in [1.82, 2.24) is 5.32 Å². The van der Waals surface area contributed by atoms with Crippen LogP contribution in [0.5, 0.6) is 0 Å². The van der Waals surface area contributed by atoms with Gasteiger partial charge in [-0.05, 0) is 12.8 Å². The van der Waals surface area contributed by atoms with E-state index >= 15 is 0 Å². The van der Waals surface area contributed by atoms with Gasteiger partial charge in [0.2, 0.25) is 12.2 Å². The van der Waals surface area contributed by atoms with Crippen molar-refractivity contribution in [3.8, 4) is 0 Å². The fourth-order valence-corrected chi connectivity index (χ4v) is 4.74. The number of hydrogen-bond donors (Lipinski definition) is 4. The van der Waals surface area contributed by atoms with Gasteiger partial charge in [0.1, 0.15) is 6.04 Å². The van der Waals surface area contributed by atoms with E-state index in [1.807, 2.05) is 0 Å². The van der Waals surface area contributed by atoms with Gasteiger partial charge in [0.05, 0.1) is 0 Å². The summed E-state index contributed by atoms with van der Waals surface area (Å²) in [5.74, 6) is -6.19. The molecule has 0 aliphatic rings. The lowest BCUT2D eigenvalue weighted by molar-refractivity contribution is -0.182. The minimum Gasteiger partial charge on any atom is -0.480 e. The van der Waals surface area contributed by atoms with Crippen LogP contribution in [0.1, 0.15) is 142 Å². The summed E-state index contributed by atoms with van der Waals surface area (Å²) in [7, 11) is 0. The molecule has 0 unspecified atom stereocenters. The van der Waals surface area contributed by atoms with E-state index in [1.165, 1.54) is 51.4 Å². The Balaban J connectivity index is 4.98. The number of carbonyl (C=O) groups excluding carboxylic acids is 3. The number of rotatable bonds is 28. The van der Waals surface area contributed by atoms with Crippen LogP contribution >= 0.6 is 12.6 Å². The molecule has 3 N–H and O–H groups in total. The summed E-state index contributed by atoms with van der Waals surface area (Å²) in [4.78, 5) is 61.3. The molecular weight excluding hydrogens is 562 g/mol. The van der Waals surface area contributed by atoms with Crippen molar-refractivity contribution in [2.24, 2.45) is 0 Å². The maximum Gasteiger partial charge on any atom is 0.349 e. The monoisotopic (exact) mass is 617 g/mol. The average molecular weight is 618 g/mol. The van der Waals surface area contributed by atoms with Crippen LogP contribution in [-0.4, -0.2) is 64.0 Å². The van der Waals surface area contributed by atoms with E-state index in [0.29, 0.717) is 12.8 Å². The van der Waals surface area contributed by atoms with E-state index < -0.39 is 48.0 Å². The predicted molar refractivity (Wildman–Crippen MR) is 165 cm³/mol. The molecule has 0 fully saturated rings. The summed E-state index contributed by atoms with van der Waals surface area (Å²) < 4.78 is 10.3. The highest BCUT2D eigenvalue weighted by Crippen LogP contribution is 2.15. The molecule has 0 rings (SSSR count). The lowest BCUT2D eigenvalue weighted by Crippen LogP contribution is -2.54. The molecule has 3 atom stereocenters. The summed E-state index contributed by atoms with van der Waals surface area (Å²) in [6, 6.07) is -1.45. The number of hydrogen-bond acceptors (Lipinski definition) is 8. The molecule has 0 aromatic heterocycles. The van der Waals surface area contributed by atoms with E-state index in [1.54, 1.807) is 0 Å². The van der Waals surface area contributed by atoms with Crippen LogP contribution in [0.25, 0.3) is 0 Å². The standard InChI is InChI=1S/C31H55NO9S/c1-3-5-7-9-11-13-15-17-19-21-25(33)40-27(29(35)32-24(23-42)30(36)37)28(31(38)39)41-26(34)22-20-18-16-14-12-10-8-6-4-2/h24,27-28,42H,3-23H2,1-2H3,(H,32,35)(H,36,37)(H,38,39)/t24-,27+,28+/m0/s1. The Labute approximate surface area is 257 Å². The Morgan fingerprint density at radius 3 is 1.26 bits per heavy atom. The maximum absolute atomic E-state index is 12.9. The van der Waals surface area contributed by atoms with Crippen molar-refractivity contribution in [1.29, 1.82) is 0 Å². The molecule has 0 aliphatic carbocycles. The number of carboxylic acid groups (broad SMARTS) is 2. The van der Waals surface area contributed by atoms with Crippen molar-refractivity contribution < 1.29 is 43.7 Å². The maximum atomic E-state index is 12.9. The SMILES string of the molecule is CCCCCCCCCCCC(=O)O[C@@H](C(=O)O)[C@@H](OC(=O)CCCCCCCCCCC)C(=O)N[C@@H](CS)C(=O)O. The van der Waals surface area contributed by atoms with Gasteiger partial charge in [-0.3, -0.25) is 14.4 Å². The smallest absolute Gasteiger partial charge is 0.349 e. The molecule has 0 heterocycles. The minimum absolute atomic E-state index is 0.0469. The van der Waals surface area contributed by atoms with Crippen molar-refractivity contribution in [3.05, 3.63) is 0 Å². The summed E-state index contributed by atoms with van der Waals surface area (Å²) in [6.45, 7) is 4.33. The number of nitrogens with one attached hydrogen (secondary N) is 1. The molecular formula is C31H55NO9S. The molecule has 1 amide bonds. The molecule has 0 saturated carbocycles. The van der Waals surface area contributed by atoms with Gasteiger partial charge in [0, 0.05) is 18.6 Å². The first kappa shape index (κ1) is 39.7. The molecule has 0 aliphatic heterocycles. The molecule has 10 nitrogen and oxygen atoms in total. The molecule has 0 saturated heterocycles. The molecule has 0 radical (unpaired) electrons. The van der Waals surface area contributed by atoms with Crippen LogP contribution in [0.15, 0.2) is 0 Å². The number of unbranched alkanes of at least 4 members (excludes halogenated alkanes) is 16. The number of aliphatic carboxylic acids is 2. The van der Waals surface area contributed by atoms with Gasteiger partial charge in [-0.25, -0.2) is 9.59 Å². The van der Waals surface area contributed by atoms with E-state index in [0.717, 1.165) is 51.4 Å². The van der Waals surface area contributed by atoms with E-state index in [2.05, 4.69) is 31.8 Å². The van der Waals surface area contributed by atoms with Crippen LogP contribution < -0.4 is 5.32 Å². The molecule has 0 bridgehead atoms. The van der Waals surface area contributed by atoms with Crippen molar-refractivity contribution >= 4 is 42.4 Å². The molecule has 0 aromatic rings. The highest BCUT2D eigenvalue weighted by Gasteiger charge is 2.41. The van der Waals surface area contributed by atoms with Crippen LogP contribution in [0.4, 0.5) is 0 Å². The largest absolute Gasteiger partial charge is 0.480 e. The highest BCUT2D eigenvalue weighted by atomic mass is 32.1. The van der Waals surface area contributed by atoms with Gasteiger partial charge in [0.15, 0.2) is 0 Å². The topological polar surface area (TPSA) is 156 Å². The quantitative estimate of drug-likeness (QED) is 0.0454. The van der Waals surface area contributed by atoms with E-state index in [-0.39, 0.29) is 18.6 Å². The van der Waals surface area contributed by atoms with E-state index in [9.17, 15) is 34.2 Å². The number of ether oxygens (including phenoxy) is 2. The van der Waals surface area contributed by atoms with Gasteiger partial charge in [0.25, 0.3) is 5.91 Å². The van der Waals surface area contributed by atoms with Gasteiger partial charge in [-0.1, -0.05) is 117 Å². The summed E-state index contributed by atoms with van der Waals surface area (Å²) in [6.07, 6.45) is 14.2. The Kier molecular flexibility index (Phi) is 24.9. The first-order valence-corrected chi connectivity index (χ1v) is 16.6. The first-order valence-electron chi connectivity index (χ1n) is 15.9. The second-order valence-corrected chi connectivity index (χ2v) is 11.3. The lowest BCUT2D eigenvalue weighted by atomic mass is 10.1. The Morgan fingerprint density at radius 1 is 0.571 bits per heavy atom. The zero-order valence-electron chi connectivity index (χ0n) is 25.8. The molecule has 0 spiro atoms. The normalized spacial score (nSPS) is 13.1. The highest BCUT2D eigenvalue weighted by molar-refractivity contribution is 7.80. The minimum atomic E-state index is -2.11. The molecule has 0 aromatic carbocycles. The third-order valence-electron chi connectivity index (χ3n) is 7.06. The van der Waals surface area contributed by atoms with Crippen molar-refractivity contribution in [3.63, 3.8) is 0 Å². The van der Waals surface area contributed by atoms with Gasteiger partial charge in [-0.2, -0.15) is 12.6 Å². The first-order chi connectivity index (χ1) is 20.2. The zero-order chi connectivity index (χ0) is 31.6. The van der Waals surface area contributed by atoms with Crippen LogP contribution in [0.3, 0.4) is 0 Å². The predicted octanol–water partition coefficient (Wildman–Crippen LogP) is 6.24. The van der Waals surface area contributed by atoms with Crippen molar-refractivity contribution in [2.75, 3.05) is 5.75 Å². The van der Waals surface area contributed by atoms with Gasteiger partial charge >= 0.3 is 23.9 Å².